The highest BCUT2D eigenvalue weighted by atomic mass is 79.9. The summed E-state index contributed by atoms with van der Waals surface area (Å²) in [5.41, 5.74) is -2.01. The highest BCUT2D eigenvalue weighted by Gasteiger charge is 2.45. The number of benzene rings is 3. The maximum absolute atomic E-state index is 14.7. The zero-order valence-electron chi connectivity index (χ0n) is 34.5. The van der Waals surface area contributed by atoms with E-state index < -0.39 is 95.0 Å². The van der Waals surface area contributed by atoms with Gasteiger partial charge in [0, 0.05) is 6.07 Å². The van der Waals surface area contributed by atoms with Crippen molar-refractivity contribution >= 4 is 53.8 Å². The fourth-order valence-corrected chi connectivity index (χ4v) is 7.22. The number of carbonyl (C=O) groups excluding carboxylic acids is 4. The van der Waals surface area contributed by atoms with Crippen molar-refractivity contribution in [1.82, 2.24) is 16.0 Å². The first-order valence-corrected chi connectivity index (χ1v) is 21.7. The summed E-state index contributed by atoms with van der Waals surface area (Å²) in [6.45, 7) is 14.1. The molecule has 322 valence electrons. The minimum Gasteiger partial charge on any atom is -0.504 e. The molecule has 0 saturated carbocycles. The number of halogens is 2. The molecule has 0 bridgehead atoms. The smallest absolute Gasteiger partial charge is 0.408 e. The summed E-state index contributed by atoms with van der Waals surface area (Å²) in [5.74, 6) is -5.45. The number of aromatic hydroxyl groups is 2. The van der Waals surface area contributed by atoms with Crippen molar-refractivity contribution in [2.24, 2.45) is 0 Å². The number of methoxy groups -OCH3 is 3. The number of amides is 3. The van der Waals surface area contributed by atoms with Gasteiger partial charge in [0.1, 0.15) is 29.5 Å². The van der Waals surface area contributed by atoms with Crippen LogP contribution in [0.25, 0.3) is 0 Å². The molecule has 20 heteroatoms. The van der Waals surface area contributed by atoms with E-state index in [1.807, 2.05) is 33.9 Å². The first kappa shape index (κ1) is 47.9. The third-order valence-electron chi connectivity index (χ3n) is 9.37. The lowest BCUT2D eigenvalue weighted by Gasteiger charge is -2.41. The monoisotopic (exact) mass is 908 g/mol. The summed E-state index contributed by atoms with van der Waals surface area (Å²) in [4.78, 5) is 66.7. The Morgan fingerprint density at radius 2 is 1.37 bits per heavy atom. The molecule has 0 saturated heterocycles. The highest BCUT2D eigenvalue weighted by Crippen LogP contribution is 2.42. The number of ether oxygens (including phenoxy) is 4. The van der Waals surface area contributed by atoms with Crippen LogP contribution in [-0.2, 0) is 28.3 Å². The van der Waals surface area contributed by atoms with Crippen molar-refractivity contribution in [2.45, 2.75) is 89.5 Å². The second-order valence-electron chi connectivity index (χ2n) is 15.8. The lowest BCUT2D eigenvalue weighted by molar-refractivity contribution is -0.387. The molecule has 0 aliphatic heterocycles. The largest absolute Gasteiger partial charge is 0.504 e. The molecule has 3 aromatic rings. The topological polar surface area (TPSA) is 234 Å². The maximum Gasteiger partial charge on any atom is 0.408 e. The average molecular weight is 910 g/mol. The number of nitrogens with one attached hydrogen (secondary N) is 3. The molecule has 17 nitrogen and oxygen atoms in total. The molecule has 59 heavy (non-hydrogen) atoms. The zero-order valence-corrected chi connectivity index (χ0v) is 37.1. The number of nitrogens with zero attached hydrogens (tertiary/aromatic N) is 1. The molecule has 3 aromatic carbocycles. The molecule has 0 heterocycles. The standard InChI is InChI=1S/C39H50BrFN4O13Si/c1-38(2,3)57-37(51)44-30(22-18-26(46)33(55-8)27(47)19-22)35(49)42-29(20-13-15-28(54-7)23(40)16-20)34(48)43-31(36(50)56-9)32(58-59(10,11)39(4,5)6)21-12-14-24(41)25(17-21)45(52)53/h12-19,29-32,46-47H,1-11H3,(H,42,49)(H,43,48)(H,44,51)/t29-,30+,31+,32-/m1/s1. The molecule has 0 radical (unpaired) electrons. The lowest BCUT2D eigenvalue weighted by Crippen LogP contribution is -2.54. The predicted octanol–water partition coefficient (Wildman–Crippen LogP) is 6.77. The quantitative estimate of drug-likeness (QED) is 0.0459. The Balaban J connectivity index is 2.25. The van der Waals surface area contributed by atoms with Crippen LogP contribution in [0.1, 0.15) is 76.4 Å². The Morgan fingerprint density at radius 3 is 1.86 bits per heavy atom. The maximum atomic E-state index is 14.7. The third kappa shape index (κ3) is 12.0. The lowest BCUT2D eigenvalue weighted by atomic mass is 9.99. The van der Waals surface area contributed by atoms with E-state index in [2.05, 4.69) is 31.9 Å². The first-order chi connectivity index (χ1) is 27.2. The number of nitro groups is 1. The fraction of sp³-hybridized carbons (Fsp3) is 0.436. The molecule has 0 aliphatic carbocycles. The summed E-state index contributed by atoms with van der Waals surface area (Å²) < 4.78 is 42.4. The summed E-state index contributed by atoms with van der Waals surface area (Å²) in [5, 5.41) is 40.1. The van der Waals surface area contributed by atoms with Crippen LogP contribution in [0.2, 0.25) is 18.1 Å². The van der Waals surface area contributed by atoms with E-state index in [4.69, 9.17) is 23.4 Å². The van der Waals surface area contributed by atoms with Crippen LogP contribution in [0.5, 0.6) is 23.0 Å². The van der Waals surface area contributed by atoms with Gasteiger partial charge in [-0.3, -0.25) is 19.7 Å². The van der Waals surface area contributed by atoms with Gasteiger partial charge in [0.2, 0.25) is 23.4 Å². The van der Waals surface area contributed by atoms with Crippen molar-refractivity contribution in [3.05, 3.63) is 85.6 Å². The molecule has 0 fully saturated rings. The van der Waals surface area contributed by atoms with Crippen molar-refractivity contribution in [2.75, 3.05) is 21.3 Å². The van der Waals surface area contributed by atoms with Crippen LogP contribution in [0, 0.1) is 15.9 Å². The van der Waals surface area contributed by atoms with Crippen LogP contribution < -0.4 is 25.4 Å². The Bertz CT molecular complexity index is 2050. The number of hydrogen-bond donors (Lipinski definition) is 5. The third-order valence-corrected chi connectivity index (χ3v) is 14.4. The van der Waals surface area contributed by atoms with Crippen molar-refractivity contribution in [3.63, 3.8) is 0 Å². The van der Waals surface area contributed by atoms with Crippen LogP contribution in [0.4, 0.5) is 14.9 Å². The van der Waals surface area contributed by atoms with Crippen molar-refractivity contribution < 1.29 is 62.1 Å². The van der Waals surface area contributed by atoms with E-state index in [0.29, 0.717) is 10.2 Å². The molecule has 5 N–H and O–H groups in total. The van der Waals surface area contributed by atoms with Gasteiger partial charge in [-0.25, -0.2) is 9.59 Å². The van der Waals surface area contributed by atoms with Gasteiger partial charge in [-0.15, -0.1) is 0 Å². The normalized spacial score (nSPS) is 13.8. The van der Waals surface area contributed by atoms with E-state index >= 15 is 0 Å². The highest BCUT2D eigenvalue weighted by molar-refractivity contribution is 9.10. The van der Waals surface area contributed by atoms with Gasteiger partial charge in [-0.05, 0) is 102 Å². The molecule has 4 atom stereocenters. The number of hydrogen-bond acceptors (Lipinski definition) is 13. The van der Waals surface area contributed by atoms with Gasteiger partial charge in [-0.2, -0.15) is 4.39 Å². The second-order valence-corrected chi connectivity index (χ2v) is 21.4. The number of phenols is 2. The molecule has 0 spiro atoms. The van der Waals surface area contributed by atoms with E-state index in [9.17, 15) is 43.9 Å². The summed E-state index contributed by atoms with van der Waals surface area (Å²) in [6, 6.07) is 4.23. The number of esters is 1. The van der Waals surface area contributed by atoms with Gasteiger partial charge >= 0.3 is 17.7 Å². The number of carbonyl (C=O) groups is 4. The molecule has 3 amide bonds. The molecule has 0 aliphatic rings. The van der Waals surface area contributed by atoms with Crippen LogP contribution in [0.3, 0.4) is 0 Å². The van der Waals surface area contributed by atoms with Crippen LogP contribution in [0.15, 0.2) is 53.0 Å². The van der Waals surface area contributed by atoms with Crippen LogP contribution >= 0.6 is 15.9 Å². The number of rotatable bonds is 15. The summed E-state index contributed by atoms with van der Waals surface area (Å²) in [6.07, 6.45) is -2.57. The van der Waals surface area contributed by atoms with Gasteiger partial charge in [0.05, 0.1) is 30.7 Å². The van der Waals surface area contributed by atoms with E-state index in [-0.39, 0.29) is 22.4 Å². The predicted molar refractivity (Wildman–Crippen MR) is 218 cm³/mol. The van der Waals surface area contributed by atoms with Crippen molar-refractivity contribution in [3.8, 4) is 23.0 Å². The number of phenolic OH excluding ortho intramolecular Hbond substituents is 2. The van der Waals surface area contributed by atoms with Crippen molar-refractivity contribution in [1.29, 1.82) is 0 Å². The van der Waals surface area contributed by atoms with Gasteiger partial charge in [-0.1, -0.05) is 32.9 Å². The number of alkyl carbamates (subject to hydrolysis) is 1. The van der Waals surface area contributed by atoms with Gasteiger partial charge < -0.3 is 49.5 Å². The molecule has 0 unspecified atom stereocenters. The van der Waals surface area contributed by atoms with Gasteiger partial charge in [0.15, 0.2) is 25.9 Å². The van der Waals surface area contributed by atoms with Gasteiger partial charge in [0.25, 0.3) is 0 Å². The summed E-state index contributed by atoms with van der Waals surface area (Å²) in [7, 11) is 0.707. The minimum absolute atomic E-state index is 0.0350. The Hall–Kier alpha value is -5.47. The minimum atomic E-state index is -2.93. The molecule has 0 aromatic heterocycles. The first-order valence-electron chi connectivity index (χ1n) is 18.0. The SMILES string of the molecule is COC(=O)[C@@H](NC(=O)[C@H](NC(=O)[C@@H](NC(=O)OC(C)(C)C)c1cc(O)c(OC)c(O)c1)c1ccc(OC)c(Br)c1)[C@H](O[Si](C)(C)C(C)(C)C)c1ccc(F)c([N+](=O)[O-])c1. The fourth-order valence-electron chi connectivity index (χ4n) is 5.40. The van der Waals surface area contributed by atoms with E-state index in [1.54, 1.807) is 20.8 Å². The Morgan fingerprint density at radius 1 is 0.814 bits per heavy atom. The Kier molecular flexibility index (Phi) is 15.5. The van der Waals surface area contributed by atoms with E-state index in [1.165, 1.54) is 38.5 Å². The number of nitro benzene ring substituents is 1. The second kappa shape index (κ2) is 19.1. The zero-order chi connectivity index (χ0) is 44.8. The summed E-state index contributed by atoms with van der Waals surface area (Å²) >= 11 is 3.38. The molecular formula is C39H50BrFN4O13Si. The average Bonchev–Trinajstić information content (AvgIpc) is 3.12. The van der Waals surface area contributed by atoms with Crippen LogP contribution in [-0.4, -0.2) is 80.3 Å². The van der Waals surface area contributed by atoms with E-state index in [0.717, 1.165) is 31.4 Å². The molecule has 3 rings (SSSR count). The Labute approximate surface area is 350 Å². The molecular weight excluding hydrogens is 859 g/mol.